The zero-order valence-electron chi connectivity index (χ0n) is 18.6. The largest absolute Gasteiger partial charge is 0.497 e. The number of ether oxygens (including phenoxy) is 3. The quantitative estimate of drug-likeness (QED) is 0.469. The molecule has 1 aliphatic heterocycles. The smallest absolute Gasteiger partial charge is 0.213 e. The Morgan fingerprint density at radius 2 is 1.87 bits per heavy atom. The second-order valence-corrected chi connectivity index (χ2v) is 7.18. The molecular formula is C23H33N5O3. The van der Waals surface area contributed by atoms with Crippen molar-refractivity contribution in [1.29, 1.82) is 0 Å². The van der Waals surface area contributed by atoms with Gasteiger partial charge in [0.25, 0.3) is 0 Å². The average Bonchev–Trinajstić information content (AvgIpc) is 2.83. The topological polar surface area (TPSA) is 80.2 Å². The Morgan fingerprint density at radius 3 is 2.55 bits per heavy atom. The van der Waals surface area contributed by atoms with Crippen LogP contribution in [0, 0.1) is 0 Å². The number of hydrogen-bond donors (Lipinski definition) is 2. The van der Waals surface area contributed by atoms with E-state index in [1.54, 1.807) is 14.2 Å². The Labute approximate surface area is 184 Å². The summed E-state index contributed by atoms with van der Waals surface area (Å²) in [5, 5.41) is 6.84. The molecule has 1 unspecified atom stereocenters. The third-order valence-corrected chi connectivity index (χ3v) is 5.18. The van der Waals surface area contributed by atoms with Crippen LogP contribution in [-0.4, -0.2) is 69.5 Å². The van der Waals surface area contributed by atoms with Crippen LogP contribution < -0.4 is 20.1 Å². The van der Waals surface area contributed by atoms with Gasteiger partial charge in [0.05, 0.1) is 45.7 Å². The van der Waals surface area contributed by atoms with Crippen molar-refractivity contribution in [3.8, 4) is 11.6 Å². The van der Waals surface area contributed by atoms with E-state index in [1.165, 1.54) is 5.56 Å². The number of methoxy groups -OCH3 is 2. The fourth-order valence-electron chi connectivity index (χ4n) is 3.53. The van der Waals surface area contributed by atoms with Gasteiger partial charge in [-0.3, -0.25) is 4.90 Å². The third-order valence-electron chi connectivity index (χ3n) is 5.18. The first-order chi connectivity index (χ1) is 15.2. The summed E-state index contributed by atoms with van der Waals surface area (Å²) >= 11 is 0. The first-order valence-electron chi connectivity index (χ1n) is 10.7. The lowest BCUT2D eigenvalue weighted by Gasteiger charge is -2.35. The van der Waals surface area contributed by atoms with Gasteiger partial charge in [-0.1, -0.05) is 18.2 Å². The number of rotatable bonds is 9. The molecule has 0 spiro atoms. The number of aliphatic imine (C=N–C) groups is 1. The SMILES string of the molecule is CCNC(=NCc1cccc(OC)n1)NCC(c1ccc(OC)cc1)N1CCOCC1. The zero-order chi connectivity index (χ0) is 21.9. The Kier molecular flexibility index (Phi) is 8.93. The minimum Gasteiger partial charge on any atom is -0.497 e. The molecule has 0 radical (unpaired) electrons. The molecule has 2 N–H and O–H groups in total. The number of nitrogens with one attached hydrogen (secondary N) is 2. The van der Waals surface area contributed by atoms with Crippen LogP contribution in [-0.2, 0) is 11.3 Å². The molecule has 1 saturated heterocycles. The molecule has 0 bridgehead atoms. The summed E-state index contributed by atoms with van der Waals surface area (Å²) in [7, 11) is 3.30. The number of morpholine rings is 1. The minimum atomic E-state index is 0.202. The van der Waals surface area contributed by atoms with Crippen LogP contribution in [0.15, 0.2) is 47.5 Å². The van der Waals surface area contributed by atoms with E-state index < -0.39 is 0 Å². The van der Waals surface area contributed by atoms with Crippen LogP contribution in [0.1, 0.15) is 24.2 Å². The number of pyridine rings is 1. The molecule has 2 aromatic rings. The van der Waals surface area contributed by atoms with Crippen molar-refractivity contribution in [3.05, 3.63) is 53.7 Å². The molecule has 168 valence electrons. The van der Waals surface area contributed by atoms with Gasteiger partial charge in [-0.15, -0.1) is 0 Å². The molecule has 0 saturated carbocycles. The van der Waals surface area contributed by atoms with E-state index in [2.05, 4.69) is 39.6 Å². The number of benzene rings is 1. The molecule has 8 heteroatoms. The Bertz CT molecular complexity index is 822. The van der Waals surface area contributed by atoms with Crippen molar-refractivity contribution in [2.24, 2.45) is 4.99 Å². The lowest BCUT2D eigenvalue weighted by atomic mass is 10.0. The lowest BCUT2D eigenvalue weighted by Crippen LogP contribution is -2.46. The van der Waals surface area contributed by atoms with Crippen LogP contribution in [0.3, 0.4) is 0 Å². The van der Waals surface area contributed by atoms with Gasteiger partial charge in [-0.2, -0.15) is 0 Å². The molecule has 1 atom stereocenters. The molecule has 1 aliphatic rings. The summed E-state index contributed by atoms with van der Waals surface area (Å²) in [6, 6.07) is 14.2. The molecular weight excluding hydrogens is 394 g/mol. The fraction of sp³-hybridized carbons (Fsp3) is 0.478. The molecule has 0 aliphatic carbocycles. The minimum absolute atomic E-state index is 0.202. The van der Waals surface area contributed by atoms with Gasteiger partial charge in [0.15, 0.2) is 5.96 Å². The number of nitrogens with zero attached hydrogens (tertiary/aromatic N) is 3. The van der Waals surface area contributed by atoms with Crippen molar-refractivity contribution in [2.45, 2.75) is 19.5 Å². The molecule has 31 heavy (non-hydrogen) atoms. The fourth-order valence-corrected chi connectivity index (χ4v) is 3.53. The van der Waals surface area contributed by atoms with Gasteiger partial charge in [0, 0.05) is 32.2 Å². The molecule has 0 amide bonds. The van der Waals surface area contributed by atoms with Crippen molar-refractivity contribution in [3.63, 3.8) is 0 Å². The number of aromatic nitrogens is 1. The van der Waals surface area contributed by atoms with Gasteiger partial charge >= 0.3 is 0 Å². The summed E-state index contributed by atoms with van der Waals surface area (Å²) in [5.74, 6) is 2.22. The number of guanidine groups is 1. The van der Waals surface area contributed by atoms with Gasteiger partial charge in [0.1, 0.15) is 5.75 Å². The second kappa shape index (κ2) is 12.1. The maximum absolute atomic E-state index is 5.56. The van der Waals surface area contributed by atoms with Crippen molar-refractivity contribution < 1.29 is 14.2 Å². The summed E-state index contributed by atoms with van der Waals surface area (Å²) in [4.78, 5) is 11.6. The third kappa shape index (κ3) is 6.83. The van der Waals surface area contributed by atoms with Crippen molar-refractivity contribution in [2.75, 3.05) is 53.6 Å². The second-order valence-electron chi connectivity index (χ2n) is 7.18. The lowest BCUT2D eigenvalue weighted by molar-refractivity contribution is 0.0170. The average molecular weight is 428 g/mol. The van der Waals surface area contributed by atoms with E-state index in [-0.39, 0.29) is 6.04 Å². The highest BCUT2D eigenvalue weighted by Gasteiger charge is 2.23. The highest BCUT2D eigenvalue weighted by atomic mass is 16.5. The number of hydrogen-bond acceptors (Lipinski definition) is 6. The van der Waals surface area contributed by atoms with Gasteiger partial charge < -0.3 is 24.8 Å². The van der Waals surface area contributed by atoms with Gasteiger partial charge in [-0.25, -0.2) is 9.98 Å². The molecule has 8 nitrogen and oxygen atoms in total. The first kappa shape index (κ1) is 22.8. The molecule has 1 aromatic heterocycles. The van der Waals surface area contributed by atoms with E-state index >= 15 is 0 Å². The first-order valence-corrected chi connectivity index (χ1v) is 10.7. The van der Waals surface area contributed by atoms with Crippen LogP contribution in [0.25, 0.3) is 0 Å². The van der Waals surface area contributed by atoms with Crippen molar-refractivity contribution in [1.82, 2.24) is 20.5 Å². The summed E-state index contributed by atoms with van der Waals surface area (Å²) < 4.78 is 16.1. The van der Waals surface area contributed by atoms with Crippen molar-refractivity contribution >= 4 is 5.96 Å². The van der Waals surface area contributed by atoms with Crippen LogP contribution in [0.5, 0.6) is 11.6 Å². The van der Waals surface area contributed by atoms with E-state index in [0.29, 0.717) is 12.4 Å². The predicted molar refractivity (Wildman–Crippen MR) is 122 cm³/mol. The highest BCUT2D eigenvalue weighted by Crippen LogP contribution is 2.23. The van der Waals surface area contributed by atoms with E-state index in [1.807, 2.05) is 30.3 Å². The molecule has 2 heterocycles. The molecule has 1 fully saturated rings. The molecule has 3 rings (SSSR count). The standard InChI is InChI=1S/C23H33N5O3/c1-4-24-23(25-16-19-6-5-7-22(27-19)30-3)26-17-21(28-12-14-31-15-13-28)18-8-10-20(29-2)11-9-18/h5-11,21H,4,12-17H2,1-3H3,(H2,24,25,26). The Morgan fingerprint density at radius 1 is 1.10 bits per heavy atom. The maximum atomic E-state index is 5.56. The Balaban J connectivity index is 1.71. The zero-order valence-corrected chi connectivity index (χ0v) is 18.6. The summed E-state index contributed by atoms with van der Waals surface area (Å²) in [5.41, 5.74) is 2.09. The van der Waals surface area contributed by atoms with Gasteiger partial charge in [-0.05, 0) is 30.7 Å². The summed E-state index contributed by atoms with van der Waals surface area (Å²) in [6.07, 6.45) is 0. The maximum Gasteiger partial charge on any atom is 0.213 e. The predicted octanol–water partition coefficient (Wildman–Crippen LogP) is 2.23. The summed E-state index contributed by atoms with van der Waals surface area (Å²) in [6.45, 7) is 7.34. The Hall–Kier alpha value is -2.84. The monoisotopic (exact) mass is 427 g/mol. The van der Waals surface area contributed by atoms with E-state index in [0.717, 1.165) is 56.8 Å². The van der Waals surface area contributed by atoms with E-state index in [9.17, 15) is 0 Å². The van der Waals surface area contributed by atoms with Crippen LogP contribution in [0.2, 0.25) is 0 Å². The molecule has 1 aromatic carbocycles. The van der Waals surface area contributed by atoms with Crippen LogP contribution >= 0.6 is 0 Å². The normalized spacial score (nSPS) is 15.9. The van der Waals surface area contributed by atoms with E-state index in [4.69, 9.17) is 19.2 Å². The van der Waals surface area contributed by atoms with Crippen LogP contribution in [0.4, 0.5) is 0 Å². The van der Waals surface area contributed by atoms with Gasteiger partial charge in [0.2, 0.25) is 5.88 Å². The highest BCUT2D eigenvalue weighted by molar-refractivity contribution is 5.79.